The van der Waals surface area contributed by atoms with Crippen molar-refractivity contribution in [2.24, 2.45) is 0 Å². The van der Waals surface area contributed by atoms with Gasteiger partial charge in [0.15, 0.2) is 0 Å². The lowest BCUT2D eigenvalue weighted by molar-refractivity contribution is -0.139. The third-order valence-corrected chi connectivity index (χ3v) is 6.33. The number of unbranched alkanes of at least 4 members (excludes halogenated alkanes) is 1. The van der Waals surface area contributed by atoms with Gasteiger partial charge in [-0.2, -0.15) is 0 Å². The summed E-state index contributed by atoms with van der Waals surface area (Å²) in [6.45, 7) is 5.87. The van der Waals surface area contributed by atoms with Gasteiger partial charge in [0.1, 0.15) is 6.54 Å². The Morgan fingerprint density at radius 3 is 2.21 bits per heavy atom. The van der Waals surface area contributed by atoms with E-state index in [2.05, 4.69) is 26.0 Å². The van der Waals surface area contributed by atoms with Crippen molar-refractivity contribution in [1.82, 2.24) is 9.80 Å². The average molecular weight is 461 g/mol. The molecule has 2 amide bonds. The van der Waals surface area contributed by atoms with Crippen molar-refractivity contribution < 1.29 is 9.59 Å². The number of benzene rings is 2. The van der Waals surface area contributed by atoms with Gasteiger partial charge in [-0.3, -0.25) is 9.59 Å². The fourth-order valence-corrected chi connectivity index (χ4v) is 4.42. The molecule has 0 aliphatic rings. The number of nitrogens with zero attached hydrogens (tertiary/aromatic N) is 2. The first-order valence-electron chi connectivity index (χ1n) is 11.4. The summed E-state index contributed by atoms with van der Waals surface area (Å²) in [5.41, 5.74) is 2.04. The maximum Gasteiger partial charge on any atom is 0.247 e. The van der Waals surface area contributed by atoms with Crippen molar-refractivity contribution in [3.05, 3.63) is 99.8 Å². The van der Waals surface area contributed by atoms with Crippen molar-refractivity contribution >= 4 is 29.2 Å². The van der Waals surface area contributed by atoms with Crippen molar-refractivity contribution in [3.8, 4) is 0 Å². The SMILES string of the molecule is CCCCN(CC(=O)N(Cc1ccccc1)Cc1ccc(C)s1)C(=O)C=Cc1ccccc1. The fourth-order valence-electron chi connectivity index (χ4n) is 3.51. The van der Waals surface area contributed by atoms with Crippen LogP contribution in [0.2, 0.25) is 0 Å². The summed E-state index contributed by atoms with van der Waals surface area (Å²) < 4.78 is 0. The predicted molar refractivity (Wildman–Crippen MR) is 137 cm³/mol. The molecule has 0 saturated heterocycles. The smallest absolute Gasteiger partial charge is 0.247 e. The van der Waals surface area contributed by atoms with Gasteiger partial charge in [0.25, 0.3) is 0 Å². The molecule has 5 heteroatoms. The van der Waals surface area contributed by atoms with Crippen molar-refractivity contribution in [2.75, 3.05) is 13.1 Å². The highest BCUT2D eigenvalue weighted by Gasteiger charge is 2.21. The summed E-state index contributed by atoms with van der Waals surface area (Å²) in [4.78, 5) is 32.3. The Hall–Kier alpha value is -3.18. The van der Waals surface area contributed by atoms with E-state index in [0.29, 0.717) is 19.6 Å². The van der Waals surface area contributed by atoms with Crippen LogP contribution in [0.1, 0.15) is 40.6 Å². The van der Waals surface area contributed by atoms with Gasteiger partial charge in [-0.15, -0.1) is 11.3 Å². The van der Waals surface area contributed by atoms with Crippen LogP contribution in [0.4, 0.5) is 0 Å². The number of aryl methyl sites for hydroxylation is 1. The van der Waals surface area contributed by atoms with E-state index in [9.17, 15) is 9.59 Å². The lowest BCUT2D eigenvalue weighted by Crippen LogP contribution is -2.42. The molecule has 2 aromatic carbocycles. The fraction of sp³-hybridized carbons (Fsp3) is 0.286. The number of rotatable bonds is 11. The van der Waals surface area contributed by atoms with Crippen molar-refractivity contribution in [2.45, 2.75) is 39.8 Å². The third-order valence-electron chi connectivity index (χ3n) is 5.35. The zero-order chi connectivity index (χ0) is 23.5. The zero-order valence-electron chi connectivity index (χ0n) is 19.4. The zero-order valence-corrected chi connectivity index (χ0v) is 20.3. The Bertz CT molecular complexity index is 1040. The van der Waals surface area contributed by atoms with E-state index in [0.717, 1.165) is 28.8 Å². The monoisotopic (exact) mass is 460 g/mol. The molecule has 0 N–H and O–H groups in total. The minimum Gasteiger partial charge on any atom is -0.332 e. The van der Waals surface area contributed by atoms with Crippen molar-refractivity contribution in [3.63, 3.8) is 0 Å². The van der Waals surface area contributed by atoms with E-state index < -0.39 is 0 Å². The van der Waals surface area contributed by atoms with Crippen LogP contribution in [0.3, 0.4) is 0 Å². The molecule has 0 bridgehead atoms. The summed E-state index contributed by atoms with van der Waals surface area (Å²) in [7, 11) is 0. The Kier molecular flexibility index (Phi) is 9.45. The van der Waals surface area contributed by atoms with E-state index in [1.165, 1.54) is 4.88 Å². The maximum atomic E-state index is 13.4. The molecule has 0 aliphatic heterocycles. The molecule has 0 spiro atoms. The van der Waals surface area contributed by atoms with Crippen LogP contribution in [0.5, 0.6) is 0 Å². The Labute approximate surface area is 201 Å². The number of carbonyl (C=O) groups excluding carboxylic acids is 2. The molecule has 0 aliphatic carbocycles. The Morgan fingerprint density at radius 1 is 0.879 bits per heavy atom. The Balaban J connectivity index is 1.74. The molecule has 3 aromatic rings. The average Bonchev–Trinajstić information content (AvgIpc) is 3.25. The standard InChI is InChI=1S/C28H32N2O2S/c1-3-4-19-29(27(31)18-16-24-11-7-5-8-12-24)22-28(32)30(20-25-13-9-6-10-14-25)21-26-17-15-23(2)33-26/h5-18H,3-4,19-22H2,1-2H3. The largest absolute Gasteiger partial charge is 0.332 e. The molecule has 172 valence electrons. The second-order valence-electron chi connectivity index (χ2n) is 8.11. The minimum absolute atomic E-state index is 0.0394. The quantitative estimate of drug-likeness (QED) is 0.333. The van der Waals surface area contributed by atoms with E-state index in [4.69, 9.17) is 0 Å². The summed E-state index contributed by atoms with van der Waals surface area (Å²) in [6.07, 6.45) is 5.20. The maximum absolute atomic E-state index is 13.4. The minimum atomic E-state index is -0.132. The number of hydrogen-bond acceptors (Lipinski definition) is 3. The van der Waals surface area contributed by atoms with Crippen LogP contribution in [0.15, 0.2) is 78.9 Å². The normalized spacial score (nSPS) is 11.0. The second kappa shape index (κ2) is 12.8. The molecule has 0 radical (unpaired) electrons. The molecule has 4 nitrogen and oxygen atoms in total. The molecule has 0 saturated carbocycles. The highest BCUT2D eigenvalue weighted by Crippen LogP contribution is 2.19. The van der Waals surface area contributed by atoms with Gasteiger partial charge >= 0.3 is 0 Å². The number of thiophene rings is 1. The molecule has 3 rings (SSSR count). The molecule has 33 heavy (non-hydrogen) atoms. The first-order valence-corrected chi connectivity index (χ1v) is 12.3. The van der Waals surface area contributed by atoms with Crippen LogP contribution >= 0.6 is 11.3 Å². The molecular weight excluding hydrogens is 428 g/mol. The molecule has 1 aromatic heterocycles. The number of amides is 2. The van der Waals surface area contributed by atoms with Gasteiger partial charge in [0, 0.05) is 28.9 Å². The summed E-state index contributed by atoms with van der Waals surface area (Å²) in [5.74, 6) is -0.172. The summed E-state index contributed by atoms with van der Waals surface area (Å²) in [6, 6.07) is 23.9. The predicted octanol–water partition coefficient (Wildman–Crippen LogP) is 5.93. The number of hydrogen-bond donors (Lipinski definition) is 0. The first kappa shape index (κ1) is 24.5. The summed E-state index contributed by atoms with van der Waals surface area (Å²) >= 11 is 1.70. The van der Waals surface area contributed by atoms with Crippen LogP contribution in [-0.4, -0.2) is 34.7 Å². The van der Waals surface area contributed by atoms with Crippen LogP contribution in [0.25, 0.3) is 6.08 Å². The van der Waals surface area contributed by atoms with Gasteiger partial charge in [0.2, 0.25) is 11.8 Å². The molecule has 0 atom stereocenters. The van der Waals surface area contributed by atoms with Crippen molar-refractivity contribution in [1.29, 1.82) is 0 Å². The highest BCUT2D eigenvalue weighted by molar-refractivity contribution is 7.11. The first-order chi connectivity index (χ1) is 16.0. The van der Waals surface area contributed by atoms with Gasteiger partial charge in [0.05, 0.1) is 6.54 Å². The summed E-state index contributed by atoms with van der Waals surface area (Å²) in [5, 5.41) is 0. The molecule has 0 fully saturated rings. The number of carbonyl (C=O) groups is 2. The molecule has 1 heterocycles. The van der Waals surface area contributed by atoms with Gasteiger partial charge < -0.3 is 9.80 Å². The van der Waals surface area contributed by atoms with E-state index in [1.807, 2.05) is 71.6 Å². The molecule has 0 unspecified atom stereocenters. The lowest BCUT2D eigenvalue weighted by atomic mass is 10.2. The van der Waals surface area contributed by atoms with E-state index in [-0.39, 0.29) is 18.4 Å². The van der Waals surface area contributed by atoms with Crippen LogP contribution < -0.4 is 0 Å². The van der Waals surface area contributed by atoms with Gasteiger partial charge in [-0.25, -0.2) is 0 Å². The van der Waals surface area contributed by atoms with E-state index >= 15 is 0 Å². The highest BCUT2D eigenvalue weighted by atomic mass is 32.1. The topological polar surface area (TPSA) is 40.6 Å². The van der Waals surface area contributed by atoms with Crippen LogP contribution in [-0.2, 0) is 22.7 Å². The third kappa shape index (κ3) is 8.03. The van der Waals surface area contributed by atoms with E-state index in [1.54, 1.807) is 22.3 Å². The van der Waals surface area contributed by atoms with Gasteiger partial charge in [-0.05, 0) is 42.7 Å². The van der Waals surface area contributed by atoms with Crippen LogP contribution in [0, 0.1) is 6.92 Å². The second-order valence-corrected chi connectivity index (χ2v) is 9.48. The Morgan fingerprint density at radius 2 is 1.58 bits per heavy atom. The molecular formula is C28H32N2O2S. The lowest BCUT2D eigenvalue weighted by Gasteiger charge is -2.27. The van der Waals surface area contributed by atoms with Gasteiger partial charge in [-0.1, -0.05) is 74.0 Å².